The predicted molar refractivity (Wildman–Crippen MR) is 126 cm³/mol. The van der Waals surface area contributed by atoms with Gasteiger partial charge < -0.3 is 24.3 Å². The molecule has 0 bridgehead atoms. The molecule has 9 heteroatoms. The summed E-state index contributed by atoms with van der Waals surface area (Å²) >= 11 is 0. The van der Waals surface area contributed by atoms with Crippen LogP contribution >= 0.6 is 0 Å². The Bertz CT molecular complexity index is 757. The molecule has 3 rings (SSSR count). The number of nitrogens with one attached hydrogen (secondary N) is 1. The van der Waals surface area contributed by atoms with Crippen LogP contribution in [0.2, 0.25) is 0 Å². The zero-order chi connectivity index (χ0) is 23.7. The summed E-state index contributed by atoms with van der Waals surface area (Å²) in [6, 6.07) is 0.443. The monoisotopic (exact) mass is 446 g/mol. The Hall–Kier alpha value is -1.87. The summed E-state index contributed by atoms with van der Waals surface area (Å²) in [5.74, 6) is 0.582. The summed E-state index contributed by atoms with van der Waals surface area (Å²) in [5.41, 5.74) is 0.00560. The predicted octanol–water partition coefficient (Wildman–Crippen LogP) is 3.75. The second-order valence-electron chi connectivity index (χ2n) is 10.2. The minimum Gasteiger partial charge on any atom is -0.447 e. The van der Waals surface area contributed by atoms with E-state index >= 15 is 0 Å². The second-order valence-corrected chi connectivity index (χ2v) is 10.2. The van der Waals surface area contributed by atoms with Gasteiger partial charge in [-0.15, -0.1) is 0 Å². The number of hydrogen-bond acceptors (Lipinski definition) is 7. The van der Waals surface area contributed by atoms with Crippen LogP contribution in [0.1, 0.15) is 81.1 Å². The van der Waals surface area contributed by atoms with Crippen molar-refractivity contribution in [2.24, 2.45) is 0 Å². The van der Waals surface area contributed by atoms with Gasteiger partial charge >= 0.3 is 13.2 Å². The van der Waals surface area contributed by atoms with Crippen molar-refractivity contribution < 1.29 is 18.8 Å². The van der Waals surface area contributed by atoms with Crippen molar-refractivity contribution in [1.82, 2.24) is 14.9 Å². The molecule has 2 aliphatic rings. The van der Waals surface area contributed by atoms with Crippen LogP contribution in [-0.2, 0) is 14.0 Å². The smallest absolute Gasteiger partial charge is 0.447 e. The molecule has 3 atom stereocenters. The van der Waals surface area contributed by atoms with E-state index < -0.39 is 18.3 Å². The summed E-state index contributed by atoms with van der Waals surface area (Å²) in [4.78, 5) is 23.7. The number of rotatable bonds is 6. The van der Waals surface area contributed by atoms with Crippen LogP contribution in [0, 0.1) is 0 Å². The third-order valence-corrected chi connectivity index (χ3v) is 6.92. The maximum absolute atomic E-state index is 12.7. The number of carbonyl (C=O) groups excluding carboxylic acids is 1. The van der Waals surface area contributed by atoms with E-state index in [1.54, 1.807) is 12.4 Å². The van der Waals surface area contributed by atoms with Crippen LogP contribution in [0.4, 0.5) is 10.7 Å². The number of amides is 1. The first-order chi connectivity index (χ1) is 15.0. The number of ether oxygens (including phenoxy) is 1. The Morgan fingerprint density at radius 3 is 2.06 bits per heavy atom. The topological polar surface area (TPSA) is 85.8 Å². The Morgan fingerprint density at radius 2 is 1.62 bits per heavy atom. The lowest BCUT2D eigenvalue weighted by Crippen LogP contribution is -2.55. The van der Waals surface area contributed by atoms with Crippen LogP contribution < -0.4 is 10.8 Å². The second kappa shape index (κ2) is 9.55. The van der Waals surface area contributed by atoms with Crippen molar-refractivity contribution in [3.8, 4) is 0 Å². The van der Waals surface area contributed by atoms with Crippen LogP contribution in [-0.4, -0.2) is 63.5 Å². The number of carbonyl (C=O) groups is 1. The van der Waals surface area contributed by atoms with E-state index in [1.807, 2.05) is 46.4 Å². The quantitative estimate of drug-likeness (QED) is 0.666. The maximum atomic E-state index is 12.7. The number of anilines is 1. The van der Waals surface area contributed by atoms with Crippen molar-refractivity contribution in [1.29, 1.82) is 0 Å². The molecule has 1 unspecified atom stereocenters. The lowest BCUT2D eigenvalue weighted by atomic mass is 9.81. The molecule has 1 amide bonds. The molecule has 178 valence electrons. The van der Waals surface area contributed by atoms with Crippen LogP contribution in [0.3, 0.4) is 0 Å². The molecular weight excluding hydrogens is 407 g/mol. The summed E-state index contributed by atoms with van der Waals surface area (Å²) < 4.78 is 17.7. The fourth-order valence-electron chi connectivity index (χ4n) is 4.38. The van der Waals surface area contributed by atoms with Gasteiger partial charge in [0.1, 0.15) is 0 Å². The molecule has 1 N–H and O–H groups in total. The van der Waals surface area contributed by atoms with Gasteiger partial charge in [-0.2, -0.15) is 0 Å². The first kappa shape index (κ1) is 24.8. The third-order valence-electron chi connectivity index (χ3n) is 6.92. The number of likely N-dealkylation sites (tertiary alicyclic amines) is 1. The van der Waals surface area contributed by atoms with Gasteiger partial charge in [0.05, 0.1) is 17.3 Å². The Labute approximate surface area is 192 Å². The molecule has 0 aliphatic carbocycles. The van der Waals surface area contributed by atoms with Crippen molar-refractivity contribution in [2.45, 2.75) is 117 Å². The highest BCUT2D eigenvalue weighted by molar-refractivity contribution is 6.61. The molecule has 0 saturated carbocycles. The molecule has 32 heavy (non-hydrogen) atoms. The summed E-state index contributed by atoms with van der Waals surface area (Å²) in [7, 11) is -0.474. The molecule has 8 nitrogen and oxygen atoms in total. The summed E-state index contributed by atoms with van der Waals surface area (Å²) in [6.07, 6.45) is 6.63. The molecule has 0 aromatic carbocycles. The minimum atomic E-state index is -0.474. The zero-order valence-corrected chi connectivity index (χ0v) is 20.8. The Morgan fingerprint density at radius 1 is 1.12 bits per heavy atom. The fourth-order valence-corrected chi connectivity index (χ4v) is 4.38. The first-order valence-electron chi connectivity index (χ1n) is 11.9. The summed E-state index contributed by atoms with van der Waals surface area (Å²) in [5, 5.41) is 3.48. The molecule has 1 aromatic heterocycles. The first-order valence-corrected chi connectivity index (χ1v) is 11.9. The van der Waals surface area contributed by atoms with Gasteiger partial charge in [-0.3, -0.25) is 0 Å². The normalized spacial score (nSPS) is 27.0. The van der Waals surface area contributed by atoms with Crippen LogP contribution in [0.15, 0.2) is 12.4 Å². The van der Waals surface area contributed by atoms with Gasteiger partial charge in [-0.25, -0.2) is 14.8 Å². The van der Waals surface area contributed by atoms with Crippen molar-refractivity contribution in [2.75, 3.05) is 5.32 Å². The molecule has 2 fully saturated rings. The number of piperidine rings is 1. The van der Waals surface area contributed by atoms with Crippen LogP contribution in [0.25, 0.3) is 0 Å². The third kappa shape index (κ3) is 5.20. The highest BCUT2D eigenvalue weighted by Crippen LogP contribution is 2.36. The molecule has 2 aliphatic heterocycles. The lowest BCUT2D eigenvalue weighted by molar-refractivity contribution is 0.00578. The average Bonchev–Trinajstić information content (AvgIpc) is 2.94. The highest BCUT2D eigenvalue weighted by Gasteiger charge is 2.52. The van der Waals surface area contributed by atoms with E-state index in [0.717, 1.165) is 31.1 Å². The van der Waals surface area contributed by atoms with E-state index in [4.69, 9.17) is 14.0 Å². The van der Waals surface area contributed by atoms with E-state index in [-0.39, 0.29) is 30.3 Å². The van der Waals surface area contributed by atoms with Crippen molar-refractivity contribution in [3.63, 3.8) is 0 Å². The van der Waals surface area contributed by atoms with Crippen molar-refractivity contribution >= 4 is 24.6 Å². The number of nitrogens with zero attached hydrogens (tertiary/aromatic N) is 3. The van der Waals surface area contributed by atoms with Gasteiger partial charge in [-0.05, 0) is 67.2 Å². The van der Waals surface area contributed by atoms with Gasteiger partial charge in [-0.1, -0.05) is 13.8 Å². The minimum absolute atomic E-state index is 0.121. The standard InChI is InChI=1S/C23H39BN4O4/c1-9-18-11-17(12-19(10-2)28(18)21(29)30-15(3)4)27-20-25-13-16(14-26-20)24-31-22(5,6)23(7,8)32-24/h13-15,17-19H,9-12H2,1-8H3,(H,25,26,27)/t17?,18-,19+. The van der Waals surface area contributed by atoms with E-state index in [1.165, 1.54) is 0 Å². The maximum Gasteiger partial charge on any atom is 0.498 e. The van der Waals surface area contributed by atoms with Gasteiger partial charge in [0.2, 0.25) is 5.95 Å². The van der Waals surface area contributed by atoms with Gasteiger partial charge in [0.25, 0.3) is 0 Å². The van der Waals surface area contributed by atoms with Gasteiger partial charge in [0.15, 0.2) is 0 Å². The SMILES string of the molecule is CC[C@@H]1CC(Nc2ncc(B3OC(C)(C)C(C)(C)O3)cn2)C[C@H](CC)N1C(=O)OC(C)C. The summed E-state index contributed by atoms with van der Waals surface area (Å²) in [6.45, 7) is 16.1. The Kier molecular flexibility index (Phi) is 7.39. The molecular formula is C23H39BN4O4. The Balaban J connectivity index is 1.66. The largest absolute Gasteiger partial charge is 0.498 e. The number of aromatic nitrogens is 2. The fraction of sp³-hybridized carbons (Fsp3) is 0.783. The van der Waals surface area contributed by atoms with E-state index in [9.17, 15) is 4.79 Å². The molecule has 0 spiro atoms. The van der Waals surface area contributed by atoms with Crippen molar-refractivity contribution in [3.05, 3.63) is 12.4 Å². The van der Waals surface area contributed by atoms with E-state index in [0.29, 0.717) is 5.95 Å². The highest BCUT2D eigenvalue weighted by atomic mass is 16.7. The molecule has 3 heterocycles. The molecule has 0 radical (unpaired) electrons. The van der Waals surface area contributed by atoms with Gasteiger partial charge in [0, 0.05) is 36.0 Å². The number of hydrogen-bond donors (Lipinski definition) is 1. The average molecular weight is 446 g/mol. The van der Waals surface area contributed by atoms with E-state index in [2.05, 4.69) is 29.1 Å². The molecule has 1 aromatic rings. The lowest BCUT2D eigenvalue weighted by Gasteiger charge is -2.44. The van der Waals surface area contributed by atoms with Crippen LogP contribution in [0.5, 0.6) is 0 Å². The zero-order valence-electron chi connectivity index (χ0n) is 20.8. The molecule has 2 saturated heterocycles.